The van der Waals surface area contributed by atoms with Crippen molar-refractivity contribution in [2.45, 2.75) is 6.92 Å². The Balaban J connectivity index is 1.65. The Hall–Kier alpha value is -3.53. The SMILES string of the molecule is CCOc1ccc(OCCNC(=O)COC(=O)c2cccc(C#N)c2)cc1. The fourth-order valence-electron chi connectivity index (χ4n) is 2.14. The molecular weight excluding hydrogens is 348 g/mol. The summed E-state index contributed by atoms with van der Waals surface area (Å²) in [6.45, 7) is 2.65. The Morgan fingerprint density at radius 3 is 2.44 bits per heavy atom. The predicted molar refractivity (Wildman–Crippen MR) is 97.6 cm³/mol. The van der Waals surface area contributed by atoms with Gasteiger partial charge in [0, 0.05) is 0 Å². The molecule has 0 aliphatic carbocycles. The lowest BCUT2D eigenvalue weighted by Gasteiger charge is -2.09. The van der Waals surface area contributed by atoms with Crippen LogP contribution in [0.15, 0.2) is 48.5 Å². The molecule has 27 heavy (non-hydrogen) atoms. The maximum Gasteiger partial charge on any atom is 0.338 e. The Morgan fingerprint density at radius 1 is 1.07 bits per heavy atom. The van der Waals surface area contributed by atoms with Crippen LogP contribution in [0.2, 0.25) is 0 Å². The van der Waals surface area contributed by atoms with Crippen LogP contribution in [0.3, 0.4) is 0 Å². The molecule has 0 atom stereocenters. The van der Waals surface area contributed by atoms with Gasteiger partial charge in [-0.1, -0.05) is 6.07 Å². The Labute approximate surface area is 157 Å². The molecule has 2 rings (SSSR count). The minimum absolute atomic E-state index is 0.223. The normalized spacial score (nSPS) is 9.78. The van der Waals surface area contributed by atoms with Crippen LogP contribution in [-0.2, 0) is 9.53 Å². The van der Waals surface area contributed by atoms with E-state index in [1.54, 1.807) is 36.4 Å². The van der Waals surface area contributed by atoms with E-state index in [1.807, 2.05) is 13.0 Å². The van der Waals surface area contributed by atoms with Gasteiger partial charge in [0.2, 0.25) is 0 Å². The largest absolute Gasteiger partial charge is 0.494 e. The summed E-state index contributed by atoms with van der Waals surface area (Å²) in [6.07, 6.45) is 0. The molecule has 1 amide bonds. The second-order valence-electron chi connectivity index (χ2n) is 5.37. The summed E-state index contributed by atoms with van der Waals surface area (Å²) < 4.78 is 15.8. The number of esters is 1. The van der Waals surface area contributed by atoms with Crippen LogP contribution in [-0.4, -0.2) is 38.2 Å². The number of ether oxygens (including phenoxy) is 3. The minimum Gasteiger partial charge on any atom is -0.494 e. The van der Waals surface area contributed by atoms with E-state index in [0.717, 1.165) is 5.75 Å². The third-order valence-electron chi connectivity index (χ3n) is 3.39. The number of carbonyl (C=O) groups is 2. The van der Waals surface area contributed by atoms with Crippen LogP contribution >= 0.6 is 0 Å². The van der Waals surface area contributed by atoms with E-state index >= 15 is 0 Å². The predicted octanol–water partition coefficient (Wildman–Crippen LogP) is 2.31. The first-order valence-electron chi connectivity index (χ1n) is 8.42. The van der Waals surface area contributed by atoms with Crippen LogP contribution in [0, 0.1) is 11.3 Å². The van der Waals surface area contributed by atoms with E-state index in [2.05, 4.69) is 5.32 Å². The molecule has 0 heterocycles. The topological polar surface area (TPSA) is 97.7 Å². The van der Waals surface area contributed by atoms with Crippen LogP contribution in [0.1, 0.15) is 22.8 Å². The van der Waals surface area contributed by atoms with Crippen molar-refractivity contribution in [2.24, 2.45) is 0 Å². The summed E-state index contributed by atoms with van der Waals surface area (Å²) in [4.78, 5) is 23.6. The van der Waals surface area contributed by atoms with Gasteiger partial charge >= 0.3 is 5.97 Å². The van der Waals surface area contributed by atoms with E-state index in [0.29, 0.717) is 17.9 Å². The molecule has 7 heteroatoms. The molecule has 0 spiro atoms. The smallest absolute Gasteiger partial charge is 0.338 e. The molecule has 2 aromatic rings. The van der Waals surface area contributed by atoms with E-state index in [-0.39, 0.29) is 18.7 Å². The standard InChI is InChI=1S/C20H20N2O5/c1-2-25-17-6-8-18(9-7-17)26-11-10-22-19(23)14-27-20(24)16-5-3-4-15(12-16)13-21/h3-9,12H,2,10-11,14H2,1H3,(H,22,23). The minimum atomic E-state index is -0.659. The number of nitriles is 1. The molecule has 0 fully saturated rings. The second kappa shape index (κ2) is 10.5. The zero-order chi connectivity index (χ0) is 19.5. The molecule has 140 valence electrons. The first-order valence-corrected chi connectivity index (χ1v) is 8.42. The summed E-state index contributed by atoms with van der Waals surface area (Å²) >= 11 is 0. The first kappa shape index (κ1) is 19.8. The molecule has 0 aliphatic rings. The van der Waals surface area contributed by atoms with Gasteiger partial charge in [-0.15, -0.1) is 0 Å². The third kappa shape index (κ3) is 6.71. The zero-order valence-corrected chi connectivity index (χ0v) is 14.9. The molecule has 0 bridgehead atoms. The van der Waals surface area contributed by atoms with E-state index < -0.39 is 18.5 Å². The van der Waals surface area contributed by atoms with Gasteiger partial charge in [-0.2, -0.15) is 5.26 Å². The summed E-state index contributed by atoms with van der Waals surface area (Å²) in [5, 5.41) is 11.4. The average molecular weight is 368 g/mol. The molecule has 0 unspecified atom stereocenters. The van der Waals surface area contributed by atoms with Gasteiger partial charge in [0.1, 0.15) is 18.1 Å². The molecule has 2 aromatic carbocycles. The van der Waals surface area contributed by atoms with Gasteiger partial charge in [-0.25, -0.2) is 4.79 Å². The highest BCUT2D eigenvalue weighted by Crippen LogP contribution is 2.17. The number of hydrogen-bond acceptors (Lipinski definition) is 6. The van der Waals surface area contributed by atoms with Gasteiger partial charge in [-0.3, -0.25) is 4.79 Å². The molecule has 1 N–H and O–H groups in total. The highest BCUT2D eigenvalue weighted by atomic mass is 16.5. The Morgan fingerprint density at radius 2 is 1.78 bits per heavy atom. The van der Waals surface area contributed by atoms with Crippen LogP contribution in [0.5, 0.6) is 11.5 Å². The molecule has 0 aromatic heterocycles. The van der Waals surface area contributed by atoms with Crippen LogP contribution < -0.4 is 14.8 Å². The number of nitrogens with one attached hydrogen (secondary N) is 1. The lowest BCUT2D eigenvalue weighted by molar-refractivity contribution is -0.124. The van der Waals surface area contributed by atoms with Crippen molar-refractivity contribution in [1.82, 2.24) is 5.32 Å². The van der Waals surface area contributed by atoms with Crippen molar-refractivity contribution in [3.05, 3.63) is 59.7 Å². The van der Waals surface area contributed by atoms with Crippen LogP contribution in [0.4, 0.5) is 0 Å². The fourth-order valence-corrected chi connectivity index (χ4v) is 2.14. The number of hydrogen-bond donors (Lipinski definition) is 1. The van der Waals surface area contributed by atoms with E-state index in [1.165, 1.54) is 12.1 Å². The molecule has 0 aliphatic heterocycles. The van der Waals surface area contributed by atoms with Crippen molar-refractivity contribution in [3.63, 3.8) is 0 Å². The zero-order valence-electron chi connectivity index (χ0n) is 14.9. The quantitative estimate of drug-likeness (QED) is 0.539. The molecule has 0 radical (unpaired) electrons. The Bertz CT molecular complexity index is 812. The number of amides is 1. The van der Waals surface area contributed by atoms with Crippen molar-refractivity contribution >= 4 is 11.9 Å². The number of nitrogens with zero attached hydrogens (tertiary/aromatic N) is 1. The summed E-state index contributed by atoms with van der Waals surface area (Å²) in [5.41, 5.74) is 0.570. The molecule has 7 nitrogen and oxygen atoms in total. The second-order valence-corrected chi connectivity index (χ2v) is 5.37. The molecule has 0 saturated carbocycles. The van der Waals surface area contributed by atoms with Gasteiger partial charge in [0.15, 0.2) is 6.61 Å². The maximum absolute atomic E-state index is 11.9. The van der Waals surface area contributed by atoms with Crippen LogP contribution in [0.25, 0.3) is 0 Å². The van der Waals surface area contributed by atoms with Gasteiger partial charge in [0.25, 0.3) is 5.91 Å². The average Bonchev–Trinajstić information content (AvgIpc) is 2.71. The molecule has 0 saturated heterocycles. The monoisotopic (exact) mass is 368 g/mol. The van der Waals surface area contributed by atoms with Gasteiger partial charge < -0.3 is 19.5 Å². The van der Waals surface area contributed by atoms with Crippen molar-refractivity contribution in [2.75, 3.05) is 26.4 Å². The lowest BCUT2D eigenvalue weighted by atomic mass is 10.1. The van der Waals surface area contributed by atoms with E-state index in [4.69, 9.17) is 19.5 Å². The lowest BCUT2D eigenvalue weighted by Crippen LogP contribution is -2.32. The van der Waals surface area contributed by atoms with E-state index in [9.17, 15) is 9.59 Å². The highest BCUT2D eigenvalue weighted by molar-refractivity contribution is 5.91. The maximum atomic E-state index is 11.9. The van der Waals surface area contributed by atoms with Gasteiger partial charge in [0.05, 0.1) is 30.3 Å². The highest BCUT2D eigenvalue weighted by Gasteiger charge is 2.10. The summed E-state index contributed by atoms with van der Waals surface area (Å²) in [7, 11) is 0. The first-order chi connectivity index (χ1) is 13.1. The number of benzene rings is 2. The Kier molecular flexibility index (Phi) is 7.67. The molecular formula is C20H20N2O5. The van der Waals surface area contributed by atoms with Crippen molar-refractivity contribution in [1.29, 1.82) is 5.26 Å². The van der Waals surface area contributed by atoms with Crippen molar-refractivity contribution in [3.8, 4) is 17.6 Å². The van der Waals surface area contributed by atoms with Crippen molar-refractivity contribution < 1.29 is 23.8 Å². The third-order valence-corrected chi connectivity index (χ3v) is 3.39. The van der Waals surface area contributed by atoms with Gasteiger partial charge in [-0.05, 0) is 49.4 Å². The number of carbonyl (C=O) groups excluding carboxylic acids is 2. The summed E-state index contributed by atoms with van der Waals surface area (Å²) in [5.74, 6) is 0.333. The number of rotatable bonds is 9. The fraction of sp³-hybridized carbons (Fsp3) is 0.250. The summed E-state index contributed by atoms with van der Waals surface area (Å²) in [6, 6.07) is 15.2.